The molecule has 0 aliphatic carbocycles. The van der Waals surface area contributed by atoms with Crippen molar-refractivity contribution in [3.05, 3.63) is 12.2 Å². The molecule has 0 atom stereocenters. The molecule has 100 valence electrons. The van der Waals surface area contributed by atoms with Gasteiger partial charge in [0.2, 0.25) is 5.91 Å². The summed E-state index contributed by atoms with van der Waals surface area (Å²) in [5.41, 5.74) is 1.04. The molecular formula is C14H28N2O. The van der Waals surface area contributed by atoms with Crippen LogP contribution in [0.15, 0.2) is 12.2 Å². The number of carbonyl (C=O) groups is 1. The maximum Gasteiger partial charge on any atom is 0.237 e. The molecule has 0 saturated carbocycles. The Balaban J connectivity index is 4.21. The summed E-state index contributed by atoms with van der Waals surface area (Å²) < 4.78 is 0. The molecule has 0 radical (unpaired) electrons. The summed E-state index contributed by atoms with van der Waals surface area (Å²) in [5, 5.41) is 0. The highest BCUT2D eigenvalue weighted by atomic mass is 16.2. The minimum absolute atomic E-state index is 0.216. The van der Waals surface area contributed by atoms with Gasteiger partial charge in [-0.25, -0.2) is 0 Å². The fourth-order valence-corrected chi connectivity index (χ4v) is 1.72. The Labute approximate surface area is 106 Å². The van der Waals surface area contributed by atoms with Crippen LogP contribution in [0.25, 0.3) is 0 Å². The average molecular weight is 240 g/mol. The van der Waals surface area contributed by atoms with E-state index >= 15 is 0 Å². The fourth-order valence-electron chi connectivity index (χ4n) is 1.72. The SMILES string of the molecule is C=C(C)CN(CC)C(=O)CN(CC)CCCC. The maximum absolute atomic E-state index is 12.1. The lowest BCUT2D eigenvalue weighted by atomic mass is 10.3. The molecule has 3 nitrogen and oxygen atoms in total. The molecule has 0 aromatic heterocycles. The fraction of sp³-hybridized carbons (Fsp3) is 0.786. The lowest BCUT2D eigenvalue weighted by molar-refractivity contribution is -0.131. The summed E-state index contributed by atoms with van der Waals surface area (Å²) >= 11 is 0. The van der Waals surface area contributed by atoms with Crippen LogP contribution in [0, 0.1) is 0 Å². The van der Waals surface area contributed by atoms with E-state index in [0.717, 1.165) is 31.6 Å². The summed E-state index contributed by atoms with van der Waals surface area (Å²) in [6.07, 6.45) is 2.33. The standard InChI is InChI=1S/C14H28N2O/c1-6-9-10-15(7-2)12-14(17)16(8-3)11-13(4)5/h4,6-12H2,1-3,5H3. The van der Waals surface area contributed by atoms with Crippen LogP contribution in [-0.4, -0.2) is 48.4 Å². The van der Waals surface area contributed by atoms with Gasteiger partial charge >= 0.3 is 0 Å². The van der Waals surface area contributed by atoms with Gasteiger partial charge in [-0.15, -0.1) is 0 Å². The second-order valence-corrected chi connectivity index (χ2v) is 4.59. The van der Waals surface area contributed by atoms with Gasteiger partial charge in [0.05, 0.1) is 6.54 Å². The van der Waals surface area contributed by atoms with E-state index in [1.807, 2.05) is 18.7 Å². The van der Waals surface area contributed by atoms with E-state index in [-0.39, 0.29) is 5.91 Å². The van der Waals surface area contributed by atoms with Gasteiger partial charge in [0.15, 0.2) is 0 Å². The van der Waals surface area contributed by atoms with Crippen LogP contribution in [0.4, 0.5) is 0 Å². The zero-order valence-electron chi connectivity index (χ0n) is 12.0. The van der Waals surface area contributed by atoms with Gasteiger partial charge in [0, 0.05) is 13.1 Å². The minimum Gasteiger partial charge on any atom is -0.338 e. The first-order valence-corrected chi connectivity index (χ1v) is 6.69. The predicted octanol–water partition coefficient (Wildman–Crippen LogP) is 2.53. The van der Waals surface area contributed by atoms with Crippen molar-refractivity contribution >= 4 is 5.91 Å². The third-order valence-electron chi connectivity index (χ3n) is 2.83. The number of hydrogen-bond acceptors (Lipinski definition) is 2. The summed E-state index contributed by atoms with van der Waals surface area (Å²) in [6, 6.07) is 0. The number of carbonyl (C=O) groups excluding carboxylic acids is 1. The summed E-state index contributed by atoms with van der Waals surface area (Å²) in [4.78, 5) is 16.2. The molecule has 0 spiro atoms. The second-order valence-electron chi connectivity index (χ2n) is 4.59. The Bertz CT molecular complexity index is 238. The van der Waals surface area contributed by atoms with Gasteiger partial charge < -0.3 is 4.90 Å². The van der Waals surface area contributed by atoms with E-state index in [9.17, 15) is 4.79 Å². The maximum atomic E-state index is 12.1. The molecule has 0 fully saturated rings. The van der Waals surface area contributed by atoms with Crippen LogP contribution < -0.4 is 0 Å². The molecule has 0 unspecified atom stereocenters. The molecule has 17 heavy (non-hydrogen) atoms. The third-order valence-corrected chi connectivity index (χ3v) is 2.83. The van der Waals surface area contributed by atoms with Gasteiger partial charge in [0.25, 0.3) is 0 Å². The second kappa shape index (κ2) is 9.23. The predicted molar refractivity (Wildman–Crippen MR) is 74.1 cm³/mol. The van der Waals surface area contributed by atoms with Crippen molar-refractivity contribution in [2.75, 3.05) is 32.7 Å². The average Bonchev–Trinajstić information content (AvgIpc) is 2.30. The molecular weight excluding hydrogens is 212 g/mol. The smallest absolute Gasteiger partial charge is 0.237 e. The summed E-state index contributed by atoms with van der Waals surface area (Å²) in [7, 11) is 0. The number of nitrogens with zero attached hydrogens (tertiary/aromatic N) is 2. The van der Waals surface area contributed by atoms with Crippen molar-refractivity contribution in [1.82, 2.24) is 9.80 Å². The highest BCUT2D eigenvalue weighted by Gasteiger charge is 2.14. The van der Waals surface area contributed by atoms with E-state index < -0.39 is 0 Å². The van der Waals surface area contributed by atoms with E-state index in [1.165, 1.54) is 6.42 Å². The molecule has 0 aromatic rings. The topological polar surface area (TPSA) is 23.6 Å². The highest BCUT2D eigenvalue weighted by molar-refractivity contribution is 5.78. The Morgan fingerprint density at radius 2 is 1.76 bits per heavy atom. The molecule has 0 N–H and O–H groups in total. The van der Waals surface area contributed by atoms with Crippen molar-refractivity contribution in [2.45, 2.75) is 40.5 Å². The van der Waals surface area contributed by atoms with Crippen LogP contribution in [-0.2, 0) is 4.79 Å². The van der Waals surface area contributed by atoms with Crippen molar-refractivity contribution in [1.29, 1.82) is 0 Å². The highest BCUT2D eigenvalue weighted by Crippen LogP contribution is 2.00. The number of unbranched alkanes of at least 4 members (excludes halogenated alkanes) is 1. The first kappa shape index (κ1) is 16.2. The van der Waals surface area contributed by atoms with Gasteiger partial charge in [-0.3, -0.25) is 9.69 Å². The number of rotatable bonds is 9. The first-order valence-electron chi connectivity index (χ1n) is 6.69. The number of hydrogen-bond donors (Lipinski definition) is 0. The molecule has 3 heteroatoms. The van der Waals surface area contributed by atoms with Crippen molar-refractivity contribution in [3.8, 4) is 0 Å². The van der Waals surface area contributed by atoms with Gasteiger partial charge in [-0.05, 0) is 33.4 Å². The third kappa shape index (κ3) is 7.16. The van der Waals surface area contributed by atoms with Crippen LogP contribution in [0.1, 0.15) is 40.5 Å². The summed E-state index contributed by atoms with van der Waals surface area (Å²) in [6.45, 7) is 16.1. The van der Waals surface area contributed by atoms with E-state index in [1.54, 1.807) is 0 Å². The summed E-state index contributed by atoms with van der Waals surface area (Å²) in [5.74, 6) is 0.216. The van der Waals surface area contributed by atoms with Crippen LogP contribution in [0.2, 0.25) is 0 Å². The van der Waals surface area contributed by atoms with Crippen LogP contribution >= 0.6 is 0 Å². The zero-order valence-corrected chi connectivity index (χ0v) is 12.0. The van der Waals surface area contributed by atoms with E-state index in [4.69, 9.17) is 0 Å². The monoisotopic (exact) mass is 240 g/mol. The lowest BCUT2D eigenvalue weighted by Crippen LogP contribution is -2.41. The van der Waals surface area contributed by atoms with Gasteiger partial charge in [-0.2, -0.15) is 0 Å². The van der Waals surface area contributed by atoms with Crippen LogP contribution in [0.5, 0.6) is 0 Å². The van der Waals surface area contributed by atoms with Crippen molar-refractivity contribution < 1.29 is 4.79 Å². The minimum atomic E-state index is 0.216. The lowest BCUT2D eigenvalue weighted by Gasteiger charge is -2.26. The van der Waals surface area contributed by atoms with Gasteiger partial charge in [-0.1, -0.05) is 32.4 Å². The van der Waals surface area contributed by atoms with Crippen molar-refractivity contribution in [3.63, 3.8) is 0 Å². The molecule has 0 bridgehead atoms. The van der Waals surface area contributed by atoms with Gasteiger partial charge in [0.1, 0.15) is 0 Å². The molecule has 0 aliphatic heterocycles. The number of amides is 1. The number of likely N-dealkylation sites (N-methyl/N-ethyl adjacent to an activating group) is 2. The zero-order chi connectivity index (χ0) is 13.3. The van der Waals surface area contributed by atoms with E-state index in [2.05, 4.69) is 25.3 Å². The normalized spacial score (nSPS) is 10.6. The molecule has 0 aliphatic rings. The Kier molecular flexibility index (Phi) is 8.78. The van der Waals surface area contributed by atoms with Crippen LogP contribution in [0.3, 0.4) is 0 Å². The Morgan fingerprint density at radius 3 is 2.18 bits per heavy atom. The van der Waals surface area contributed by atoms with Crippen molar-refractivity contribution in [2.24, 2.45) is 0 Å². The molecule has 0 saturated heterocycles. The molecule has 0 rings (SSSR count). The largest absolute Gasteiger partial charge is 0.338 e. The first-order chi connectivity index (χ1) is 8.04. The molecule has 0 heterocycles. The molecule has 0 aromatic carbocycles. The Morgan fingerprint density at radius 1 is 1.12 bits per heavy atom. The Hall–Kier alpha value is -0.830. The quantitative estimate of drug-likeness (QED) is 0.578. The van der Waals surface area contributed by atoms with E-state index in [0.29, 0.717) is 13.1 Å². The molecule has 1 amide bonds.